The molecule has 2 amide bonds. The maximum absolute atomic E-state index is 14.2. The molecule has 0 saturated heterocycles. The molecule has 1 N–H and O–H groups in total. The normalized spacial score (nSPS) is 11.7. The summed E-state index contributed by atoms with van der Waals surface area (Å²) in [7, 11) is 4.54. The predicted molar refractivity (Wildman–Crippen MR) is 86.6 cm³/mol. The van der Waals surface area contributed by atoms with Gasteiger partial charge in [-0.05, 0) is 25.1 Å². The largest absolute Gasteiger partial charge is 0.493 e. The summed E-state index contributed by atoms with van der Waals surface area (Å²) in [5.74, 6) is 0.887. The first-order valence-corrected chi connectivity index (χ1v) is 7.41. The van der Waals surface area contributed by atoms with Crippen molar-refractivity contribution in [3.63, 3.8) is 0 Å². The number of methoxy groups -OCH3 is 2. The number of ether oxygens (including phenoxy) is 2. The van der Waals surface area contributed by atoms with Gasteiger partial charge in [-0.25, -0.2) is 9.18 Å². The van der Waals surface area contributed by atoms with Crippen molar-refractivity contribution in [1.29, 1.82) is 0 Å². The van der Waals surface area contributed by atoms with E-state index in [0.29, 0.717) is 29.4 Å². The zero-order valence-electron chi connectivity index (χ0n) is 14.1. The molecule has 1 heterocycles. The van der Waals surface area contributed by atoms with E-state index in [-0.39, 0.29) is 6.03 Å². The number of benzene rings is 1. The van der Waals surface area contributed by atoms with E-state index in [1.807, 2.05) is 0 Å². The number of nitrogens with one attached hydrogen (secondary N) is 1. The van der Waals surface area contributed by atoms with Crippen LogP contribution in [0.3, 0.4) is 0 Å². The van der Waals surface area contributed by atoms with Crippen LogP contribution in [0.1, 0.15) is 24.3 Å². The van der Waals surface area contributed by atoms with Gasteiger partial charge in [-0.3, -0.25) is 0 Å². The molecule has 0 aliphatic rings. The number of urea groups is 1. The Balaban J connectivity index is 2.08. The van der Waals surface area contributed by atoms with Crippen LogP contribution in [0.25, 0.3) is 0 Å². The molecule has 0 aliphatic heterocycles. The summed E-state index contributed by atoms with van der Waals surface area (Å²) in [6.07, 6.45) is 1.54. The van der Waals surface area contributed by atoms with Crippen LogP contribution in [0.15, 0.2) is 34.9 Å². The number of furan rings is 1. The van der Waals surface area contributed by atoms with E-state index in [0.717, 1.165) is 0 Å². The van der Waals surface area contributed by atoms with Gasteiger partial charge in [0.25, 0.3) is 0 Å². The molecular weight excluding hydrogens is 315 g/mol. The van der Waals surface area contributed by atoms with Crippen molar-refractivity contribution in [2.75, 3.05) is 21.3 Å². The smallest absolute Gasteiger partial charge is 0.318 e. The molecule has 1 atom stereocenters. The number of rotatable bonds is 6. The monoisotopic (exact) mass is 336 g/mol. The van der Waals surface area contributed by atoms with Crippen molar-refractivity contribution in [1.82, 2.24) is 10.2 Å². The van der Waals surface area contributed by atoms with Crippen LogP contribution >= 0.6 is 0 Å². The Morgan fingerprint density at radius 2 is 2.00 bits per heavy atom. The zero-order valence-corrected chi connectivity index (χ0v) is 14.1. The Morgan fingerprint density at radius 3 is 2.58 bits per heavy atom. The maximum atomic E-state index is 14.2. The zero-order chi connectivity index (χ0) is 17.7. The summed E-state index contributed by atoms with van der Waals surface area (Å²) in [4.78, 5) is 13.7. The molecule has 0 fully saturated rings. The standard InChI is InChI=1S/C17H21FN2O4/c1-11(13-8-15(22-3)16(23-4)9-14(13)18)19-17(21)20(2)10-12-6-5-7-24-12/h5-9,11H,10H2,1-4H3,(H,19,21)/t11-/m0/s1. The van der Waals surface area contributed by atoms with E-state index in [4.69, 9.17) is 13.9 Å². The van der Waals surface area contributed by atoms with Gasteiger partial charge in [0.1, 0.15) is 11.6 Å². The molecule has 2 rings (SSSR count). The van der Waals surface area contributed by atoms with Crippen LogP contribution < -0.4 is 14.8 Å². The Hall–Kier alpha value is -2.70. The number of hydrogen-bond acceptors (Lipinski definition) is 4. The minimum atomic E-state index is -0.545. The number of amides is 2. The van der Waals surface area contributed by atoms with Crippen LogP contribution in [0, 0.1) is 5.82 Å². The highest BCUT2D eigenvalue weighted by molar-refractivity contribution is 5.74. The van der Waals surface area contributed by atoms with E-state index in [1.165, 1.54) is 31.3 Å². The lowest BCUT2D eigenvalue weighted by Crippen LogP contribution is -2.38. The number of carbonyl (C=O) groups is 1. The molecule has 24 heavy (non-hydrogen) atoms. The topological polar surface area (TPSA) is 63.9 Å². The molecule has 1 aromatic heterocycles. The van der Waals surface area contributed by atoms with E-state index in [2.05, 4.69) is 5.32 Å². The Bertz CT molecular complexity index is 688. The van der Waals surface area contributed by atoms with Crippen LogP contribution in [0.4, 0.5) is 9.18 Å². The lowest BCUT2D eigenvalue weighted by molar-refractivity contribution is 0.199. The summed E-state index contributed by atoms with van der Waals surface area (Å²) in [5.41, 5.74) is 0.312. The minimum Gasteiger partial charge on any atom is -0.493 e. The molecule has 0 spiro atoms. The first-order valence-electron chi connectivity index (χ1n) is 7.41. The van der Waals surface area contributed by atoms with Gasteiger partial charge < -0.3 is 24.1 Å². The van der Waals surface area contributed by atoms with Crippen LogP contribution in [-0.2, 0) is 6.54 Å². The number of nitrogens with zero attached hydrogens (tertiary/aromatic N) is 1. The maximum Gasteiger partial charge on any atom is 0.318 e. The first-order chi connectivity index (χ1) is 11.5. The first kappa shape index (κ1) is 17.7. The Kier molecular flexibility index (Phi) is 5.68. The van der Waals surface area contributed by atoms with Crippen molar-refractivity contribution in [3.8, 4) is 11.5 Å². The molecule has 0 radical (unpaired) electrons. The highest BCUT2D eigenvalue weighted by atomic mass is 19.1. The average Bonchev–Trinajstić information content (AvgIpc) is 3.07. The minimum absolute atomic E-state index is 0.298. The van der Waals surface area contributed by atoms with Gasteiger partial charge in [0, 0.05) is 18.7 Å². The molecule has 2 aromatic rings. The van der Waals surface area contributed by atoms with Crippen molar-refractivity contribution >= 4 is 6.03 Å². The van der Waals surface area contributed by atoms with E-state index in [1.54, 1.807) is 32.4 Å². The van der Waals surface area contributed by atoms with Gasteiger partial charge in [-0.15, -0.1) is 0 Å². The predicted octanol–water partition coefficient (Wildman–Crippen LogP) is 3.34. The third-order valence-electron chi connectivity index (χ3n) is 3.63. The van der Waals surface area contributed by atoms with Crippen molar-refractivity contribution in [2.24, 2.45) is 0 Å². The number of hydrogen-bond donors (Lipinski definition) is 1. The van der Waals surface area contributed by atoms with Gasteiger partial charge in [-0.1, -0.05) is 0 Å². The summed E-state index contributed by atoms with van der Waals surface area (Å²) in [6, 6.07) is 5.41. The summed E-state index contributed by atoms with van der Waals surface area (Å²) in [6.45, 7) is 2.02. The highest BCUT2D eigenvalue weighted by Gasteiger charge is 2.19. The summed E-state index contributed by atoms with van der Waals surface area (Å²) >= 11 is 0. The SMILES string of the molecule is COc1cc(F)c([C@H](C)NC(=O)N(C)Cc2ccco2)cc1OC. The molecule has 0 unspecified atom stereocenters. The molecule has 7 heteroatoms. The fraction of sp³-hybridized carbons (Fsp3) is 0.353. The molecular formula is C17H21FN2O4. The lowest BCUT2D eigenvalue weighted by Gasteiger charge is -2.22. The summed E-state index contributed by atoms with van der Waals surface area (Å²) in [5, 5.41) is 2.75. The van der Waals surface area contributed by atoms with Crippen LogP contribution in [0.2, 0.25) is 0 Å². The molecule has 130 valence electrons. The Morgan fingerprint density at radius 1 is 1.33 bits per heavy atom. The van der Waals surface area contributed by atoms with Crippen molar-refractivity contribution in [3.05, 3.63) is 47.7 Å². The second-order valence-corrected chi connectivity index (χ2v) is 5.34. The highest BCUT2D eigenvalue weighted by Crippen LogP contribution is 2.32. The quantitative estimate of drug-likeness (QED) is 0.879. The van der Waals surface area contributed by atoms with Gasteiger partial charge in [-0.2, -0.15) is 0 Å². The molecule has 0 aliphatic carbocycles. The van der Waals surface area contributed by atoms with Crippen molar-refractivity contribution < 1.29 is 23.1 Å². The number of halogens is 1. The molecule has 0 bridgehead atoms. The van der Waals surface area contributed by atoms with Gasteiger partial charge >= 0.3 is 6.03 Å². The lowest BCUT2D eigenvalue weighted by atomic mass is 10.1. The second-order valence-electron chi connectivity index (χ2n) is 5.34. The molecule has 1 aromatic carbocycles. The Labute approximate surface area is 140 Å². The van der Waals surface area contributed by atoms with Crippen molar-refractivity contribution in [2.45, 2.75) is 19.5 Å². The third-order valence-corrected chi connectivity index (χ3v) is 3.63. The third kappa shape index (κ3) is 3.98. The van der Waals surface area contributed by atoms with Crippen LogP contribution in [-0.4, -0.2) is 32.2 Å². The second kappa shape index (κ2) is 7.72. The average molecular weight is 336 g/mol. The fourth-order valence-electron chi connectivity index (χ4n) is 2.28. The van der Waals surface area contributed by atoms with Crippen LogP contribution in [0.5, 0.6) is 11.5 Å². The summed E-state index contributed by atoms with van der Waals surface area (Å²) < 4.78 is 29.7. The van der Waals surface area contributed by atoms with E-state index in [9.17, 15) is 9.18 Å². The van der Waals surface area contributed by atoms with E-state index < -0.39 is 11.9 Å². The van der Waals surface area contributed by atoms with E-state index >= 15 is 0 Å². The molecule has 6 nitrogen and oxygen atoms in total. The number of carbonyl (C=O) groups excluding carboxylic acids is 1. The fourth-order valence-corrected chi connectivity index (χ4v) is 2.28. The molecule has 0 saturated carbocycles. The van der Waals surface area contributed by atoms with Gasteiger partial charge in [0.15, 0.2) is 11.5 Å². The van der Waals surface area contributed by atoms with Gasteiger partial charge in [0.05, 0.1) is 33.1 Å². The van der Waals surface area contributed by atoms with Gasteiger partial charge in [0.2, 0.25) is 0 Å².